The average Bonchev–Trinajstić information content (AvgIpc) is 2.14. The molecule has 0 amide bonds. The molecule has 0 nitrogen and oxygen atoms in total. The summed E-state index contributed by atoms with van der Waals surface area (Å²) in [5.74, 6) is 3.06. The van der Waals surface area contributed by atoms with Crippen LogP contribution in [0.25, 0.3) is 0 Å². The second-order valence-electron chi connectivity index (χ2n) is 2.61. The van der Waals surface area contributed by atoms with Gasteiger partial charge in [-0.25, -0.2) is 0 Å². The first-order valence-corrected chi connectivity index (χ1v) is 5.14. The van der Waals surface area contributed by atoms with E-state index in [0.29, 0.717) is 0 Å². The van der Waals surface area contributed by atoms with Gasteiger partial charge in [0.2, 0.25) is 0 Å². The Bertz CT molecular complexity index is 266. The van der Waals surface area contributed by atoms with E-state index in [0.717, 1.165) is 12.8 Å². The van der Waals surface area contributed by atoms with Gasteiger partial charge in [-0.3, -0.25) is 0 Å². The van der Waals surface area contributed by atoms with Crippen molar-refractivity contribution in [2.45, 2.75) is 19.3 Å². The van der Waals surface area contributed by atoms with Crippen LogP contribution in [0.2, 0.25) is 0 Å². The van der Waals surface area contributed by atoms with E-state index in [1.807, 2.05) is 6.07 Å². The van der Waals surface area contributed by atoms with E-state index in [1.54, 1.807) is 0 Å². The van der Waals surface area contributed by atoms with Crippen molar-refractivity contribution >= 4 is 22.6 Å². The number of unbranched alkanes of at least 4 members (excludes halogenated alkanes) is 1. The normalized spacial score (nSPS) is 8.75. The molecule has 0 saturated heterocycles. The molecule has 0 heterocycles. The van der Waals surface area contributed by atoms with E-state index in [2.05, 4.69) is 56.7 Å². The quantitative estimate of drug-likeness (QED) is 0.448. The van der Waals surface area contributed by atoms with Crippen molar-refractivity contribution in [1.82, 2.24) is 0 Å². The molecule has 0 atom stereocenters. The zero-order valence-corrected chi connectivity index (χ0v) is 9.04. The molecular weight excluding hydrogens is 259 g/mol. The molecule has 62 valence electrons. The number of hydrogen-bond donors (Lipinski definition) is 0. The van der Waals surface area contributed by atoms with Gasteiger partial charge in [0.25, 0.3) is 0 Å². The second-order valence-corrected chi connectivity index (χ2v) is 3.15. The highest BCUT2D eigenvalue weighted by Crippen LogP contribution is 2.03. The lowest BCUT2D eigenvalue weighted by molar-refractivity contribution is 0.858. The predicted molar refractivity (Wildman–Crippen MR) is 61.2 cm³/mol. The third-order valence-corrected chi connectivity index (χ3v) is 2.06. The molecule has 0 radical (unpaired) electrons. The molecule has 0 bridgehead atoms. The maximum Gasteiger partial charge on any atom is 0.0181 e. The number of halogens is 1. The van der Waals surface area contributed by atoms with E-state index in [1.165, 1.54) is 12.0 Å². The SMILES string of the molecule is IC#CCCCc1ccccc1. The number of rotatable bonds is 3. The summed E-state index contributed by atoms with van der Waals surface area (Å²) in [7, 11) is 0. The summed E-state index contributed by atoms with van der Waals surface area (Å²) in [5, 5.41) is 0. The first-order valence-electron chi connectivity index (χ1n) is 4.06. The molecule has 0 N–H and O–H groups in total. The van der Waals surface area contributed by atoms with Gasteiger partial charge in [-0.2, -0.15) is 0 Å². The topological polar surface area (TPSA) is 0 Å². The highest BCUT2D eigenvalue weighted by molar-refractivity contribution is 14.1. The van der Waals surface area contributed by atoms with E-state index >= 15 is 0 Å². The molecule has 1 aromatic rings. The third-order valence-electron chi connectivity index (χ3n) is 1.68. The number of benzene rings is 1. The molecule has 1 aromatic carbocycles. The Morgan fingerprint density at radius 2 is 1.92 bits per heavy atom. The van der Waals surface area contributed by atoms with E-state index in [9.17, 15) is 0 Å². The van der Waals surface area contributed by atoms with Gasteiger partial charge < -0.3 is 0 Å². The summed E-state index contributed by atoms with van der Waals surface area (Å²) < 4.78 is 2.87. The molecule has 0 aliphatic heterocycles. The molecule has 0 aromatic heterocycles. The molecule has 12 heavy (non-hydrogen) atoms. The van der Waals surface area contributed by atoms with Crippen LogP contribution in [0.1, 0.15) is 18.4 Å². The summed E-state index contributed by atoms with van der Waals surface area (Å²) in [6.45, 7) is 0. The van der Waals surface area contributed by atoms with Gasteiger partial charge in [0.1, 0.15) is 0 Å². The lowest BCUT2D eigenvalue weighted by Crippen LogP contribution is -1.82. The maximum absolute atomic E-state index is 3.06. The largest absolute Gasteiger partial charge is 0.0919 e. The Kier molecular flexibility index (Phi) is 4.86. The molecule has 0 spiro atoms. The fraction of sp³-hybridized carbons (Fsp3) is 0.273. The van der Waals surface area contributed by atoms with Crippen molar-refractivity contribution in [2.75, 3.05) is 0 Å². The molecule has 0 saturated carbocycles. The smallest absolute Gasteiger partial charge is 0.0181 e. The molecular formula is C11H11I. The van der Waals surface area contributed by atoms with Crippen molar-refractivity contribution in [2.24, 2.45) is 0 Å². The number of aryl methyl sites for hydroxylation is 1. The summed E-state index contributed by atoms with van der Waals surface area (Å²) in [5.41, 5.74) is 1.41. The molecule has 0 fully saturated rings. The van der Waals surface area contributed by atoms with Crippen LogP contribution in [0.5, 0.6) is 0 Å². The van der Waals surface area contributed by atoms with Crippen LogP contribution >= 0.6 is 22.6 Å². The van der Waals surface area contributed by atoms with Crippen LogP contribution in [-0.2, 0) is 6.42 Å². The lowest BCUT2D eigenvalue weighted by Gasteiger charge is -1.96. The number of hydrogen-bond acceptors (Lipinski definition) is 0. The van der Waals surface area contributed by atoms with Crippen molar-refractivity contribution in [3.05, 3.63) is 35.9 Å². The maximum atomic E-state index is 3.06. The second kappa shape index (κ2) is 6.07. The Morgan fingerprint density at radius 3 is 2.58 bits per heavy atom. The highest BCUT2D eigenvalue weighted by atomic mass is 127. The van der Waals surface area contributed by atoms with Crippen LogP contribution in [0, 0.1) is 9.85 Å². The van der Waals surface area contributed by atoms with Crippen LogP contribution in [0.15, 0.2) is 30.3 Å². The Morgan fingerprint density at radius 1 is 1.17 bits per heavy atom. The van der Waals surface area contributed by atoms with Gasteiger partial charge in [-0.1, -0.05) is 36.3 Å². The summed E-state index contributed by atoms with van der Waals surface area (Å²) >= 11 is 2.08. The lowest BCUT2D eigenvalue weighted by atomic mass is 10.1. The summed E-state index contributed by atoms with van der Waals surface area (Å²) in [6.07, 6.45) is 3.32. The van der Waals surface area contributed by atoms with Gasteiger partial charge in [-0.15, -0.1) is 0 Å². The van der Waals surface area contributed by atoms with Crippen LogP contribution in [0.4, 0.5) is 0 Å². The molecule has 1 heteroatoms. The van der Waals surface area contributed by atoms with Gasteiger partial charge >= 0.3 is 0 Å². The average molecular weight is 270 g/mol. The Labute approximate surface area is 87.5 Å². The van der Waals surface area contributed by atoms with Gasteiger partial charge in [0.05, 0.1) is 0 Å². The third kappa shape index (κ3) is 3.77. The zero-order valence-electron chi connectivity index (χ0n) is 6.89. The first-order chi connectivity index (χ1) is 5.93. The minimum Gasteiger partial charge on any atom is -0.0919 e. The van der Waals surface area contributed by atoms with Crippen molar-refractivity contribution in [3.63, 3.8) is 0 Å². The highest BCUT2D eigenvalue weighted by Gasteiger charge is 1.88. The Balaban J connectivity index is 2.27. The van der Waals surface area contributed by atoms with E-state index in [4.69, 9.17) is 0 Å². The minimum atomic E-state index is 1.01. The van der Waals surface area contributed by atoms with Gasteiger partial charge in [-0.05, 0) is 22.3 Å². The molecule has 1 rings (SSSR count). The monoisotopic (exact) mass is 270 g/mol. The Hall–Kier alpha value is -0.490. The molecule has 0 aliphatic rings. The first kappa shape index (κ1) is 9.60. The predicted octanol–water partition coefficient (Wildman–Crippen LogP) is 3.41. The minimum absolute atomic E-state index is 1.01. The van der Waals surface area contributed by atoms with Gasteiger partial charge in [0, 0.05) is 29.0 Å². The molecule has 0 aliphatic carbocycles. The zero-order chi connectivity index (χ0) is 8.65. The van der Waals surface area contributed by atoms with Crippen molar-refractivity contribution in [3.8, 4) is 9.85 Å². The van der Waals surface area contributed by atoms with E-state index < -0.39 is 0 Å². The summed E-state index contributed by atoms with van der Waals surface area (Å²) in [4.78, 5) is 0. The standard InChI is InChI=1S/C11H11I/c12-10-6-2-5-9-11-7-3-1-4-8-11/h1,3-4,7-8H,2,5,9H2. The van der Waals surface area contributed by atoms with Crippen LogP contribution in [-0.4, -0.2) is 0 Å². The fourth-order valence-corrected chi connectivity index (χ4v) is 1.34. The van der Waals surface area contributed by atoms with Gasteiger partial charge in [0.15, 0.2) is 0 Å². The van der Waals surface area contributed by atoms with Crippen LogP contribution in [0.3, 0.4) is 0 Å². The summed E-state index contributed by atoms with van der Waals surface area (Å²) in [6, 6.07) is 10.5. The van der Waals surface area contributed by atoms with Crippen molar-refractivity contribution < 1.29 is 0 Å². The van der Waals surface area contributed by atoms with Crippen LogP contribution < -0.4 is 0 Å². The molecule has 0 unspecified atom stereocenters. The van der Waals surface area contributed by atoms with E-state index in [-0.39, 0.29) is 0 Å². The van der Waals surface area contributed by atoms with Crippen molar-refractivity contribution in [1.29, 1.82) is 0 Å². The fourth-order valence-electron chi connectivity index (χ4n) is 1.07.